The zero-order valence-corrected chi connectivity index (χ0v) is 11.3. The number of imide groups is 1. The van der Waals surface area contributed by atoms with Crippen molar-refractivity contribution in [3.05, 3.63) is 35.9 Å². The maximum absolute atomic E-state index is 12.0. The molecule has 1 fully saturated rings. The van der Waals surface area contributed by atoms with E-state index in [-0.39, 0.29) is 6.42 Å². The van der Waals surface area contributed by atoms with Gasteiger partial charge in [0.05, 0.1) is 7.11 Å². The van der Waals surface area contributed by atoms with Gasteiger partial charge in [-0.05, 0) is 12.5 Å². The highest BCUT2D eigenvalue weighted by molar-refractivity contribution is 6.06. The molecule has 0 spiro atoms. The molecule has 2 rings (SSSR count). The number of ether oxygens (including phenoxy) is 1. The van der Waals surface area contributed by atoms with Crippen molar-refractivity contribution in [1.82, 2.24) is 10.2 Å². The number of carbonyl (C=O) groups excluding carboxylic acids is 3. The maximum Gasteiger partial charge on any atom is 0.329 e. The summed E-state index contributed by atoms with van der Waals surface area (Å²) >= 11 is 0. The third-order valence-electron chi connectivity index (χ3n) is 3.22. The minimum absolute atomic E-state index is 0.236. The lowest BCUT2D eigenvalue weighted by molar-refractivity contribution is -0.149. The Balaban J connectivity index is 2.27. The lowest BCUT2D eigenvalue weighted by Crippen LogP contribution is -2.47. The van der Waals surface area contributed by atoms with E-state index in [9.17, 15) is 14.4 Å². The second-order valence-electron chi connectivity index (χ2n) is 4.61. The molecule has 1 aliphatic rings. The predicted molar refractivity (Wildman–Crippen MR) is 70.8 cm³/mol. The Morgan fingerprint density at radius 1 is 1.35 bits per heavy atom. The fourth-order valence-corrected chi connectivity index (χ4v) is 2.17. The Morgan fingerprint density at radius 2 is 2.00 bits per heavy atom. The fraction of sp³-hybridized carbons (Fsp3) is 0.357. The van der Waals surface area contributed by atoms with Crippen LogP contribution in [0, 0.1) is 0 Å². The molecular weight excluding hydrogens is 260 g/mol. The molecular formula is C14H16N2O4. The van der Waals surface area contributed by atoms with Gasteiger partial charge in [0.15, 0.2) is 0 Å². The number of hydrogen-bond donors (Lipinski definition) is 1. The first-order valence-corrected chi connectivity index (χ1v) is 6.30. The van der Waals surface area contributed by atoms with E-state index in [1.165, 1.54) is 7.11 Å². The summed E-state index contributed by atoms with van der Waals surface area (Å²) in [6, 6.07) is 7.05. The molecule has 2 atom stereocenters. The molecule has 1 saturated heterocycles. The highest BCUT2D eigenvalue weighted by Crippen LogP contribution is 2.16. The van der Waals surface area contributed by atoms with E-state index in [0.717, 1.165) is 10.5 Å². The van der Waals surface area contributed by atoms with E-state index in [0.29, 0.717) is 0 Å². The lowest BCUT2D eigenvalue weighted by Gasteiger charge is -2.23. The highest BCUT2D eigenvalue weighted by Gasteiger charge is 2.43. The molecule has 1 aliphatic heterocycles. The molecule has 0 unspecified atom stereocenters. The first-order chi connectivity index (χ1) is 9.54. The van der Waals surface area contributed by atoms with E-state index >= 15 is 0 Å². The van der Waals surface area contributed by atoms with Crippen LogP contribution in [0.3, 0.4) is 0 Å². The SMILES string of the molecule is COC(=O)[C@H](Cc1ccccc1)N1C(=O)N[C@@H](C)C1=O. The van der Waals surface area contributed by atoms with Crippen molar-refractivity contribution in [3.8, 4) is 0 Å². The Kier molecular flexibility index (Phi) is 4.02. The molecule has 1 aromatic rings. The van der Waals surface area contributed by atoms with Crippen LogP contribution in [0.2, 0.25) is 0 Å². The van der Waals surface area contributed by atoms with Crippen LogP contribution in [0.15, 0.2) is 30.3 Å². The van der Waals surface area contributed by atoms with Crippen LogP contribution in [-0.2, 0) is 20.7 Å². The number of esters is 1. The summed E-state index contributed by atoms with van der Waals surface area (Å²) in [5.74, 6) is -1.02. The molecule has 3 amide bonds. The molecule has 6 nitrogen and oxygen atoms in total. The van der Waals surface area contributed by atoms with E-state index < -0.39 is 30.0 Å². The maximum atomic E-state index is 12.0. The minimum Gasteiger partial charge on any atom is -0.467 e. The molecule has 106 valence electrons. The minimum atomic E-state index is -0.945. The molecule has 0 bridgehead atoms. The normalized spacial score (nSPS) is 19.7. The van der Waals surface area contributed by atoms with Crippen molar-refractivity contribution in [3.63, 3.8) is 0 Å². The topological polar surface area (TPSA) is 75.7 Å². The average molecular weight is 276 g/mol. The number of rotatable bonds is 4. The van der Waals surface area contributed by atoms with E-state index in [1.807, 2.05) is 30.3 Å². The summed E-state index contributed by atoms with van der Waals surface area (Å²) in [6.07, 6.45) is 0.236. The summed E-state index contributed by atoms with van der Waals surface area (Å²) in [5.41, 5.74) is 0.850. The Labute approximate surface area is 116 Å². The van der Waals surface area contributed by atoms with Gasteiger partial charge in [-0.3, -0.25) is 4.79 Å². The molecule has 0 saturated carbocycles. The summed E-state index contributed by atoms with van der Waals surface area (Å²) in [6.45, 7) is 1.58. The van der Waals surface area contributed by atoms with Crippen molar-refractivity contribution in [2.75, 3.05) is 7.11 Å². The van der Waals surface area contributed by atoms with E-state index in [2.05, 4.69) is 5.32 Å². The molecule has 0 aromatic heterocycles. The zero-order valence-electron chi connectivity index (χ0n) is 11.3. The van der Waals surface area contributed by atoms with Crippen molar-refractivity contribution in [2.45, 2.75) is 25.4 Å². The van der Waals surface area contributed by atoms with Crippen molar-refractivity contribution in [2.24, 2.45) is 0 Å². The molecule has 1 heterocycles. The monoisotopic (exact) mass is 276 g/mol. The van der Waals surface area contributed by atoms with Gasteiger partial charge in [0.25, 0.3) is 5.91 Å². The number of benzene rings is 1. The third-order valence-corrected chi connectivity index (χ3v) is 3.22. The van der Waals surface area contributed by atoms with E-state index in [4.69, 9.17) is 4.74 Å². The highest BCUT2D eigenvalue weighted by atomic mass is 16.5. The van der Waals surface area contributed by atoms with Gasteiger partial charge in [0.2, 0.25) is 0 Å². The first kappa shape index (κ1) is 14.0. The summed E-state index contributed by atoms with van der Waals surface area (Å²) in [7, 11) is 1.24. The molecule has 0 aliphatic carbocycles. The average Bonchev–Trinajstić information content (AvgIpc) is 2.70. The van der Waals surface area contributed by atoms with Crippen LogP contribution in [0.4, 0.5) is 4.79 Å². The molecule has 6 heteroatoms. The number of nitrogens with one attached hydrogen (secondary N) is 1. The Morgan fingerprint density at radius 3 is 2.50 bits per heavy atom. The van der Waals surface area contributed by atoms with Crippen LogP contribution in [0.5, 0.6) is 0 Å². The van der Waals surface area contributed by atoms with Gasteiger partial charge in [-0.2, -0.15) is 0 Å². The Hall–Kier alpha value is -2.37. The van der Waals surface area contributed by atoms with Gasteiger partial charge in [0.1, 0.15) is 12.1 Å². The standard InChI is InChI=1S/C14H16N2O4/c1-9-12(17)16(14(19)15-9)11(13(18)20-2)8-10-6-4-3-5-7-10/h3-7,9,11H,8H2,1-2H3,(H,15,19)/t9-,11-/m0/s1. The third kappa shape index (κ3) is 2.64. The number of methoxy groups -OCH3 is 1. The summed E-state index contributed by atoms with van der Waals surface area (Å²) < 4.78 is 4.72. The molecule has 20 heavy (non-hydrogen) atoms. The number of carbonyl (C=O) groups is 3. The molecule has 0 radical (unpaired) electrons. The fourth-order valence-electron chi connectivity index (χ4n) is 2.17. The van der Waals surface area contributed by atoms with Crippen LogP contribution >= 0.6 is 0 Å². The van der Waals surface area contributed by atoms with Crippen molar-refractivity contribution >= 4 is 17.9 Å². The number of nitrogens with zero attached hydrogens (tertiary/aromatic N) is 1. The van der Waals surface area contributed by atoms with Crippen molar-refractivity contribution < 1.29 is 19.1 Å². The van der Waals surface area contributed by atoms with Crippen LogP contribution in [0.25, 0.3) is 0 Å². The van der Waals surface area contributed by atoms with Gasteiger partial charge < -0.3 is 10.1 Å². The Bertz CT molecular complexity index is 529. The second kappa shape index (κ2) is 5.73. The lowest BCUT2D eigenvalue weighted by atomic mass is 10.0. The van der Waals surface area contributed by atoms with Gasteiger partial charge in [-0.1, -0.05) is 30.3 Å². The summed E-state index contributed by atoms with van der Waals surface area (Å²) in [4.78, 5) is 36.7. The van der Waals surface area contributed by atoms with Gasteiger partial charge >= 0.3 is 12.0 Å². The zero-order chi connectivity index (χ0) is 14.7. The largest absolute Gasteiger partial charge is 0.467 e. The first-order valence-electron chi connectivity index (χ1n) is 6.30. The van der Waals surface area contributed by atoms with Gasteiger partial charge in [-0.25, -0.2) is 14.5 Å². The van der Waals surface area contributed by atoms with Crippen LogP contribution in [-0.4, -0.2) is 42.0 Å². The predicted octanol–water partition coefficient (Wildman–Crippen LogP) is 0.711. The van der Waals surface area contributed by atoms with Gasteiger partial charge in [-0.15, -0.1) is 0 Å². The van der Waals surface area contributed by atoms with Gasteiger partial charge in [0, 0.05) is 6.42 Å². The van der Waals surface area contributed by atoms with Crippen LogP contribution < -0.4 is 5.32 Å². The number of hydrogen-bond acceptors (Lipinski definition) is 4. The number of urea groups is 1. The molecule has 1 N–H and O–H groups in total. The molecule has 1 aromatic carbocycles. The quantitative estimate of drug-likeness (QED) is 0.649. The van der Waals surface area contributed by atoms with Crippen molar-refractivity contribution in [1.29, 1.82) is 0 Å². The van der Waals surface area contributed by atoms with E-state index in [1.54, 1.807) is 6.92 Å². The summed E-state index contributed by atoms with van der Waals surface area (Å²) in [5, 5.41) is 2.49. The number of amides is 3. The van der Waals surface area contributed by atoms with Crippen LogP contribution in [0.1, 0.15) is 12.5 Å². The second-order valence-corrected chi connectivity index (χ2v) is 4.61. The smallest absolute Gasteiger partial charge is 0.329 e.